The Labute approximate surface area is 125 Å². The van der Waals surface area contributed by atoms with E-state index >= 15 is 0 Å². The van der Waals surface area contributed by atoms with Crippen LogP contribution in [-0.2, 0) is 0 Å². The summed E-state index contributed by atoms with van der Waals surface area (Å²) in [7, 11) is 0. The van der Waals surface area contributed by atoms with Gasteiger partial charge in [-0.25, -0.2) is 0 Å². The molecule has 1 aliphatic rings. The molecule has 0 amide bonds. The summed E-state index contributed by atoms with van der Waals surface area (Å²) in [6.45, 7) is 4.17. The summed E-state index contributed by atoms with van der Waals surface area (Å²) >= 11 is 0. The number of allylic oxidation sites excluding steroid dienone is 4. The Balaban J connectivity index is 1.99. The Hall–Kier alpha value is -2.33. The molecule has 0 radical (unpaired) electrons. The van der Waals surface area contributed by atoms with Crippen molar-refractivity contribution in [2.45, 2.75) is 26.7 Å². The predicted molar refractivity (Wildman–Crippen MR) is 86.8 cm³/mol. The molecule has 0 bridgehead atoms. The second-order valence-electron chi connectivity index (χ2n) is 4.98. The van der Waals surface area contributed by atoms with Gasteiger partial charge >= 0.3 is 0 Å². The highest BCUT2D eigenvalue weighted by molar-refractivity contribution is 5.81. The predicted octanol–water partition coefficient (Wildman–Crippen LogP) is 3.51. The lowest BCUT2D eigenvalue weighted by Crippen LogP contribution is -2.07. The molecule has 0 spiro atoms. The number of nitrogens with zero attached hydrogens (tertiary/aromatic N) is 1. The van der Waals surface area contributed by atoms with Crippen LogP contribution in [0.15, 0.2) is 58.9 Å². The van der Waals surface area contributed by atoms with E-state index in [1.165, 1.54) is 5.56 Å². The molecule has 21 heavy (non-hydrogen) atoms. The summed E-state index contributed by atoms with van der Waals surface area (Å²) in [5.41, 5.74) is 10.4. The van der Waals surface area contributed by atoms with Gasteiger partial charge in [0, 0.05) is 12.1 Å². The van der Waals surface area contributed by atoms with E-state index in [2.05, 4.69) is 60.2 Å². The number of benzene rings is 1. The first-order chi connectivity index (χ1) is 10.2. The summed E-state index contributed by atoms with van der Waals surface area (Å²) in [4.78, 5) is 0. The Morgan fingerprint density at radius 2 is 2.05 bits per heavy atom. The van der Waals surface area contributed by atoms with Crippen molar-refractivity contribution in [3.05, 3.63) is 64.9 Å². The molecule has 0 fully saturated rings. The van der Waals surface area contributed by atoms with Crippen molar-refractivity contribution in [2.75, 3.05) is 0 Å². The number of nitrogens with one attached hydrogen (secondary N) is 2. The fourth-order valence-electron chi connectivity index (χ4n) is 2.06. The summed E-state index contributed by atoms with van der Waals surface area (Å²) in [5.74, 6) is 0. The molecule has 2 rings (SSSR count). The van der Waals surface area contributed by atoms with E-state index in [9.17, 15) is 0 Å². The molecule has 0 saturated heterocycles. The maximum Gasteiger partial charge on any atom is 0.0594 e. The third kappa shape index (κ3) is 4.33. The molecule has 3 N–H and O–H groups in total. The van der Waals surface area contributed by atoms with Crippen molar-refractivity contribution in [3.63, 3.8) is 0 Å². The molecule has 1 aliphatic carbocycles. The normalized spacial score (nSPS) is 15.1. The van der Waals surface area contributed by atoms with Gasteiger partial charge in [0.25, 0.3) is 0 Å². The zero-order chi connectivity index (χ0) is 15.1. The van der Waals surface area contributed by atoms with Gasteiger partial charge in [0.05, 0.1) is 11.9 Å². The molecule has 4 nitrogen and oxygen atoms in total. The molecule has 0 aromatic heterocycles. The first-order valence-corrected chi connectivity index (χ1v) is 7.09. The summed E-state index contributed by atoms with van der Waals surface area (Å²) in [6.07, 6.45) is 9.26. The van der Waals surface area contributed by atoms with Crippen molar-refractivity contribution in [1.29, 1.82) is 0 Å². The fraction of sp³-hybridized carbons (Fsp3) is 0.235. The second-order valence-corrected chi connectivity index (χ2v) is 4.98. The Morgan fingerprint density at radius 1 is 1.29 bits per heavy atom. The molecule has 1 aromatic carbocycles. The van der Waals surface area contributed by atoms with Gasteiger partial charge in [0.1, 0.15) is 0 Å². The molecule has 0 aliphatic heterocycles. The van der Waals surface area contributed by atoms with E-state index in [4.69, 9.17) is 5.21 Å². The van der Waals surface area contributed by atoms with Gasteiger partial charge in [-0.15, -0.1) is 0 Å². The number of aryl methyl sites for hydroxylation is 1. The highest BCUT2D eigenvalue weighted by Crippen LogP contribution is 2.15. The third-order valence-corrected chi connectivity index (χ3v) is 3.22. The zero-order valence-corrected chi connectivity index (χ0v) is 12.4. The van der Waals surface area contributed by atoms with Crippen LogP contribution in [0.1, 0.15) is 30.9 Å². The Kier molecular flexibility index (Phi) is 5.35. The molecule has 1 aromatic rings. The van der Waals surface area contributed by atoms with Gasteiger partial charge in [0.2, 0.25) is 0 Å². The summed E-state index contributed by atoms with van der Waals surface area (Å²) < 4.78 is 0. The number of hydrogen-bond donors (Lipinski definition) is 3. The smallest absolute Gasteiger partial charge is 0.0594 e. The van der Waals surface area contributed by atoms with Crippen molar-refractivity contribution in [2.24, 2.45) is 5.10 Å². The molecule has 110 valence electrons. The molecule has 0 heterocycles. The standard InChI is InChI=1S/C17H21N3O/c1-3-4-17(15-8-5-13(2)6-9-15)19-18-12-14-7-10-16(11-14)20-21/h4-10,12,19-21H,3,11H2,1-2H3/b17-4-,18-12+. The molecule has 0 atom stereocenters. The summed E-state index contributed by atoms with van der Waals surface area (Å²) in [6, 6.07) is 8.35. The van der Waals surface area contributed by atoms with Crippen LogP contribution in [0.3, 0.4) is 0 Å². The average molecular weight is 283 g/mol. The molecule has 4 heteroatoms. The number of hydroxylamine groups is 1. The Bertz CT molecular complexity index is 595. The van der Waals surface area contributed by atoms with Gasteiger partial charge in [-0.2, -0.15) is 5.10 Å². The van der Waals surface area contributed by atoms with Gasteiger partial charge in [-0.3, -0.25) is 16.1 Å². The highest BCUT2D eigenvalue weighted by Gasteiger charge is 2.05. The molecular weight excluding hydrogens is 262 g/mol. The van der Waals surface area contributed by atoms with Gasteiger partial charge < -0.3 is 0 Å². The highest BCUT2D eigenvalue weighted by atomic mass is 16.5. The zero-order valence-electron chi connectivity index (χ0n) is 12.4. The Morgan fingerprint density at radius 3 is 2.67 bits per heavy atom. The van der Waals surface area contributed by atoms with Crippen LogP contribution in [-0.4, -0.2) is 11.4 Å². The van der Waals surface area contributed by atoms with E-state index in [1.807, 2.05) is 12.2 Å². The fourth-order valence-corrected chi connectivity index (χ4v) is 2.06. The van der Waals surface area contributed by atoms with Crippen molar-refractivity contribution in [1.82, 2.24) is 10.9 Å². The number of hydrazone groups is 1. The number of hydrogen-bond acceptors (Lipinski definition) is 4. The maximum atomic E-state index is 8.82. The molecule has 0 saturated carbocycles. The van der Waals surface area contributed by atoms with Gasteiger partial charge in [0.15, 0.2) is 0 Å². The SMILES string of the molecule is CC/C=C(\N/N=C/C1=CC=C(NO)C1)c1ccc(C)cc1. The first kappa shape index (κ1) is 15.1. The van der Waals surface area contributed by atoms with Gasteiger partial charge in [-0.1, -0.05) is 48.9 Å². The van der Waals surface area contributed by atoms with E-state index in [0.29, 0.717) is 6.42 Å². The van der Waals surface area contributed by atoms with Crippen molar-refractivity contribution in [3.8, 4) is 0 Å². The average Bonchev–Trinajstić information content (AvgIpc) is 2.95. The minimum Gasteiger partial charge on any atom is -0.291 e. The minimum absolute atomic E-state index is 0.666. The van der Waals surface area contributed by atoms with Crippen LogP contribution in [0.5, 0.6) is 0 Å². The van der Waals surface area contributed by atoms with Crippen LogP contribution in [0.25, 0.3) is 5.70 Å². The van der Waals surface area contributed by atoms with E-state index in [0.717, 1.165) is 29.0 Å². The van der Waals surface area contributed by atoms with Crippen molar-refractivity contribution < 1.29 is 5.21 Å². The lowest BCUT2D eigenvalue weighted by atomic mass is 10.1. The number of rotatable bonds is 6. The van der Waals surface area contributed by atoms with E-state index < -0.39 is 0 Å². The summed E-state index contributed by atoms with van der Waals surface area (Å²) in [5, 5.41) is 13.1. The van der Waals surface area contributed by atoms with Crippen LogP contribution in [0, 0.1) is 6.92 Å². The first-order valence-electron chi connectivity index (χ1n) is 7.09. The van der Waals surface area contributed by atoms with Crippen LogP contribution >= 0.6 is 0 Å². The largest absolute Gasteiger partial charge is 0.291 e. The molecular formula is C17H21N3O. The van der Waals surface area contributed by atoms with Crippen molar-refractivity contribution >= 4 is 11.9 Å². The van der Waals surface area contributed by atoms with E-state index in [-0.39, 0.29) is 0 Å². The van der Waals surface area contributed by atoms with E-state index in [1.54, 1.807) is 6.21 Å². The van der Waals surface area contributed by atoms with Crippen LogP contribution in [0.4, 0.5) is 0 Å². The lowest BCUT2D eigenvalue weighted by Gasteiger charge is -2.07. The van der Waals surface area contributed by atoms with Gasteiger partial charge in [-0.05, 0) is 30.6 Å². The third-order valence-electron chi connectivity index (χ3n) is 3.22. The monoisotopic (exact) mass is 283 g/mol. The maximum absolute atomic E-state index is 8.82. The molecule has 0 unspecified atom stereocenters. The van der Waals surface area contributed by atoms with Crippen LogP contribution in [0.2, 0.25) is 0 Å². The topological polar surface area (TPSA) is 56.7 Å². The second kappa shape index (κ2) is 7.45. The lowest BCUT2D eigenvalue weighted by molar-refractivity contribution is 0.198. The van der Waals surface area contributed by atoms with Crippen LogP contribution < -0.4 is 10.9 Å². The quantitative estimate of drug-likeness (QED) is 0.553. The minimum atomic E-state index is 0.666.